The fraction of sp³-hybridized carbons (Fsp3) is 0.833. The Balaban J connectivity index is 2.12. The van der Waals surface area contributed by atoms with Crippen LogP contribution in [0.1, 0.15) is 6.42 Å². The summed E-state index contributed by atoms with van der Waals surface area (Å²) < 4.78 is 16.9. The van der Waals surface area contributed by atoms with Crippen molar-refractivity contribution >= 4 is 6.47 Å². The Labute approximate surface area is 58.5 Å². The van der Waals surface area contributed by atoms with E-state index in [0.29, 0.717) is 19.4 Å². The van der Waals surface area contributed by atoms with Gasteiger partial charge in [-0.3, -0.25) is 4.79 Å². The first-order chi connectivity index (χ1) is 4.83. The molecule has 1 aliphatic rings. The second-order valence-electron chi connectivity index (χ2n) is 2.37. The normalized spacial score (nSPS) is 32.1. The van der Waals surface area contributed by atoms with Gasteiger partial charge in [-0.15, -0.1) is 0 Å². The van der Waals surface area contributed by atoms with Gasteiger partial charge in [0.1, 0.15) is 12.8 Å². The quantitative estimate of drug-likeness (QED) is 0.564. The average molecular weight is 147 g/mol. The van der Waals surface area contributed by atoms with E-state index in [2.05, 4.69) is 10.1 Å². The van der Waals surface area contributed by atoms with Crippen molar-refractivity contribution in [1.29, 1.82) is 0 Å². The van der Waals surface area contributed by atoms with E-state index in [1.807, 2.05) is 0 Å². The van der Waals surface area contributed by atoms with Gasteiger partial charge in [0, 0.05) is 12.6 Å². The van der Waals surface area contributed by atoms with E-state index in [9.17, 15) is 9.18 Å². The lowest BCUT2D eigenvalue weighted by Crippen LogP contribution is -2.26. The van der Waals surface area contributed by atoms with Crippen LogP contribution in [0.25, 0.3) is 0 Å². The molecule has 0 bridgehead atoms. The molecule has 0 aliphatic carbocycles. The number of carbonyl (C=O) groups is 1. The second-order valence-corrected chi connectivity index (χ2v) is 2.37. The Hall–Kier alpha value is -0.640. The standard InChI is InChI=1S/C6H10FNO2/c7-5-1-6(8-2-5)3-10-4-9/h4-6,8H,1-3H2. The summed E-state index contributed by atoms with van der Waals surface area (Å²) in [5.41, 5.74) is 0. The molecule has 0 spiro atoms. The lowest BCUT2D eigenvalue weighted by atomic mass is 10.2. The van der Waals surface area contributed by atoms with Crippen LogP contribution in [0.3, 0.4) is 0 Å². The lowest BCUT2D eigenvalue weighted by Gasteiger charge is -2.05. The van der Waals surface area contributed by atoms with Crippen LogP contribution in [-0.2, 0) is 9.53 Å². The molecule has 1 fully saturated rings. The highest BCUT2D eigenvalue weighted by molar-refractivity contribution is 5.36. The first-order valence-electron chi connectivity index (χ1n) is 3.25. The van der Waals surface area contributed by atoms with E-state index in [4.69, 9.17) is 0 Å². The van der Waals surface area contributed by atoms with Crippen LogP contribution >= 0.6 is 0 Å². The van der Waals surface area contributed by atoms with Crippen LogP contribution in [0.2, 0.25) is 0 Å². The maximum Gasteiger partial charge on any atom is 0.293 e. The SMILES string of the molecule is O=COCC1CC(F)CN1. The fourth-order valence-corrected chi connectivity index (χ4v) is 1.05. The first kappa shape index (κ1) is 7.47. The maximum absolute atomic E-state index is 12.4. The summed E-state index contributed by atoms with van der Waals surface area (Å²) in [4.78, 5) is 9.70. The van der Waals surface area contributed by atoms with Crippen LogP contribution in [0.4, 0.5) is 4.39 Å². The van der Waals surface area contributed by atoms with Gasteiger partial charge in [0.05, 0.1) is 0 Å². The van der Waals surface area contributed by atoms with Crippen molar-refractivity contribution in [2.75, 3.05) is 13.2 Å². The molecule has 58 valence electrons. The van der Waals surface area contributed by atoms with Gasteiger partial charge in [-0.1, -0.05) is 0 Å². The van der Waals surface area contributed by atoms with Crippen LogP contribution in [0, 0.1) is 0 Å². The van der Waals surface area contributed by atoms with Gasteiger partial charge in [0.25, 0.3) is 6.47 Å². The summed E-state index contributed by atoms with van der Waals surface area (Å²) in [5.74, 6) is 0. The summed E-state index contributed by atoms with van der Waals surface area (Å²) >= 11 is 0. The third kappa shape index (κ3) is 1.95. The van der Waals surface area contributed by atoms with E-state index in [0.717, 1.165) is 0 Å². The summed E-state index contributed by atoms with van der Waals surface area (Å²) in [7, 11) is 0. The molecule has 0 amide bonds. The van der Waals surface area contributed by atoms with Crippen molar-refractivity contribution in [1.82, 2.24) is 5.32 Å². The maximum atomic E-state index is 12.4. The van der Waals surface area contributed by atoms with Crippen LogP contribution in [-0.4, -0.2) is 31.8 Å². The molecule has 10 heavy (non-hydrogen) atoms. The Bertz CT molecular complexity index is 120. The van der Waals surface area contributed by atoms with Crippen molar-refractivity contribution in [3.63, 3.8) is 0 Å². The molecule has 0 aromatic rings. The summed E-state index contributed by atoms with van der Waals surface area (Å²) in [6, 6.07) is 0.0141. The second kappa shape index (κ2) is 3.51. The van der Waals surface area contributed by atoms with Gasteiger partial charge >= 0.3 is 0 Å². The molecule has 2 unspecified atom stereocenters. The number of ether oxygens (including phenoxy) is 1. The molecule has 0 aromatic heterocycles. The molecule has 1 aliphatic heterocycles. The fourth-order valence-electron chi connectivity index (χ4n) is 1.05. The van der Waals surface area contributed by atoms with Gasteiger partial charge in [0.2, 0.25) is 0 Å². The average Bonchev–Trinajstić information content (AvgIpc) is 2.31. The van der Waals surface area contributed by atoms with Crippen LogP contribution in [0.15, 0.2) is 0 Å². The van der Waals surface area contributed by atoms with E-state index in [-0.39, 0.29) is 12.6 Å². The lowest BCUT2D eigenvalue weighted by molar-refractivity contribution is -0.129. The molecule has 0 radical (unpaired) electrons. The molecule has 0 aromatic carbocycles. The highest BCUT2D eigenvalue weighted by Crippen LogP contribution is 2.09. The highest BCUT2D eigenvalue weighted by Gasteiger charge is 2.23. The van der Waals surface area contributed by atoms with Gasteiger partial charge in [-0.25, -0.2) is 4.39 Å². The van der Waals surface area contributed by atoms with E-state index >= 15 is 0 Å². The largest absolute Gasteiger partial charge is 0.466 e. The van der Waals surface area contributed by atoms with Gasteiger partial charge in [-0.2, -0.15) is 0 Å². The first-order valence-corrected chi connectivity index (χ1v) is 3.25. The zero-order valence-electron chi connectivity index (χ0n) is 5.55. The topological polar surface area (TPSA) is 38.3 Å². The molecule has 1 saturated heterocycles. The van der Waals surface area contributed by atoms with Gasteiger partial charge in [-0.05, 0) is 6.42 Å². The molecule has 4 heteroatoms. The number of halogens is 1. The molecule has 1 heterocycles. The Kier molecular flexibility index (Phi) is 2.62. The minimum atomic E-state index is -0.778. The van der Waals surface area contributed by atoms with Crippen molar-refractivity contribution in [3.05, 3.63) is 0 Å². The molecule has 1 N–H and O–H groups in total. The monoisotopic (exact) mass is 147 g/mol. The van der Waals surface area contributed by atoms with Crippen LogP contribution in [0.5, 0.6) is 0 Å². The Morgan fingerprint density at radius 2 is 2.60 bits per heavy atom. The highest BCUT2D eigenvalue weighted by atomic mass is 19.1. The number of nitrogens with one attached hydrogen (secondary N) is 1. The zero-order valence-corrected chi connectivity index (χ0v) is 5.55. The number of carbonyl (C=O) groups excluding carboxylic acids is 1. The zero-order chi connectivity index (χ0) is 7.40. The van der Waals surface area contributed by atoms with Crippen molar-refractivity contribution in [2.24, 2.45) is 0 Å². The Morgan fingerprint density at radius 1 is 1.80 bits per heavy atom. The summed E-state index contributed by atoms with van der Waals surface area (Å²) in [6.45, 7) is 1.05. The van der Waals surface area contributed by atoms with E-state index in [1.165, 1.54) is 0 Å². The van der Waals surface area contributed by atoms with E-state index < -0.39 is 6.17 Å². The number of hydrogen-bond acceptors (Lipinski definition) is 3. The number of rotatable bonds is 3. The van der Waals surface area contributed by atoms with E-state index in [1.54, 1.807) is 0 Å². The minimum Gasteiger partial charge on any atom is -0.466 e. The molecule has 1 rings (SSSR count). The number of hydrogen-bond donors (Lipinski definition) is 1. The Morgan fingerprint density at radius 3 is 3.10 bits per heavy atom. The minimum absolute atomic E-state index is 0.0141. The molecule has 2 atom stereocenters. The molecule has 0 saturated carbocycles. The smallest absolute Gasteiger partial charge is 0.293 e. The summed E-state index contributed by atoms with van der Waals surface area (Å²) in [6.07, 6.45) is -0.325. The van der Waals surface area contributed by atoms with Crippen molar-refractivity contribution in [3.8, 4) is 0 Å². The molecule has 3 nitrogen and oxygen atoms in total. The molecular weight excluding hydrogens is 137 g/mol. The van der Waals surface area contributed by atoms with Crippen molar-refractivity contribution in [2.45, 2.75) is 18.6 Å². The summed E-state index contributed by atoms with van der Waals surface area (Å²) in [5, 5.41) is 2.88. The predicted octanol–water partition coefficient (Wildman–Crippen LogP) is -0.141. The molecular formula is C6H10FNO2. The van der Waals surface area contributed by atoms with Gasteiger partial charge in [0.15, 0.2) is 0 Å². The third-order valence-electron chi connectivity index (χ3n) is 1.53. The van der Waals surface area contributed by atoms with Crippen LogP contribution < -0.4 is 5.32 Å². The van der Waals surface area contributed by atoms with Crippen molar-refractivity contribution < 1.29 is 13.9 Å². The number of alkyl halides is 1. The third-order valence-corrected chi connectivity index (χ3v) is 1.53. The predicted molar refractivity (Wildman–Crippen MR) is 33.3 cm³/mol. The van der Waals surface area contributed by atoms with Gasteiger partial charge < -0.3 is 10.1 Å².